The topological polar surface area (TPSA) is 78.5 Å². The molecule has 102 valence electrons. The lowest BCUT2D eigenvalue weighted by atomic mass is 10.3. The van der Waals surface area contributed by atoms with Crippen LogP contribution in [0.4, 0.5) is 21.8 Å². The number of nitrogens with one attached hydrogen (secondary N) is 3. The second kappa shape index (κ2) is 5.04. The predicted octanol–water partition coefficient (Wildman–Crippen LogP) is 3.04. The zero-order chi connectivity index (χ0) is 14.1. The summed E-state index contributed by atoms with van der Waals surface area (Å²) in [7, 11) is 1.72. The van der Waals surface area contributed by atoms with Crippen molar-refractivity contribution in [2.75, 3.05) is 17.7 Å². The van der Waals surface area contributed by atoms with E-state index in [0.717, 1.165) is 4.47 Å². The van der Waals surface area contributed by atoms with E-state index in [1.165, 1.54) is 18.5 Å². The van der Waals surface area contributed by atoms with E-state index in [2.05, 4.69) is 46.5 Å². The molecule has 6 nitrogen and oxygen atoms in total. The Morgan fingerprint density at radius 3 is 2.95 bits per heavy atom. The molecule has 8 heteroatoms. The summed E-state index contributed by atoms with van der Waals surface area (Å²) in [6.45, 7) is 0. The number of fused-ring (bicyclic) bond motifs is 1. The van der Waals surface area contributed by atoms with Crippen molar-refractivity contribution >= 4 is 44.5 Å². The fraction of sp³-hybridized carbons (Fsp3) is 0.0833. The number of anilines is 3. The van der Waals surface area contributed by atoms with Gasteiger partial charge in [0.05, 0.1) is 12.0 Å². The van der Waals surface area contributed by atoms with Gasteiger partial charge in [0.15, 0.2) is 11.5 Å². The number of halogens is 2. The highest BCUT2D eigenvalue weighted by Gasteiger charge is 2.11. The van der Waals surface area contributed by atoms with Crippen LogP contribution in [-0.4, -0.2) is 27.0 Å². The van der Waals surface area contributed by atoms with E-state index in [0.29, 0.717) is 28.6 Å². The van der Waals surface area contributed by atoms with Gasteiger partial charge in [-0.3, -0.25) is 0 Å². The van der Waals surface area contributed by atoms with Crippen LogP contribution in [0, 0.1) is 5.82 Å². The zero-order valence-corrected chi connectivity index (χ0v) is 12.0. The van der Waals surface area contributed by atoms with Gasteiger partial charge in [-0.25, -0.2) is 9.37 Å². The van der Waals surface area contributed by atoms with Gasteiger partial charge in [-0.05, 0) is 34.1 Å². The molecule has 2 aromatic heterocycles. The number of hydrogen-bond donors (Lipinski definition) is 3. The summed E-state index contributed by atoms with van der Waals surface area (Å²) in [5, 5.41) is 5.93. The van der Waals surface area contributed by atoms with Crippen LogP contribution in [0.2, 0.25) is 0 Å². The average Bonchev–Trinajstić information content (AvgIpc) is 2.91. The lowest BCUT2D eigenvalue weighted by Crippen LogP contribution is -2.02. The molecule has 0 aliphatic rings. The number of aromatic amines is 1. The van der Waals surface area contributed by atoms with Crippen LogP contribution in [-0.2, 0) is 0 Å². The van der Waals surface area contributed by atoms with Gasteiger partial charge in [0.2, 0.25) is 5.95 Å². The highest BCUT2D eigenvalue weighted by Crippen LogP contribution is 2.28. The molecule has 0 saturated carbocycles. The first kappa shape index (κ1) is 12.8. The average molecular weight is 337 g/mol. The monoisotopic (exact) mass is 336 g/mol. The van der Waals surface area contributed by atoms with Gasteiger partial charge >= 0.3 is 0 Å². The maximum Gasteiger partial charge on any atom is 0.226 e. The van der Waals surface area contributed by atoms with Crippen molar-refractivity contribution in [1.29, 1.82) is 0 Å². The van der Waals surface area contributed by atoms with Crippen molar-refractivity contribution in [3.05, 3.63) is 34.8 Å². The van der Waals surface area contributed by atoms with Gasteiger partial charge in [-0.2, -0.15) is 9.97 Å². The molecule has 2 heterocycles. The van der Waals surface area contributed by atoms with E-state index in [1.807, 2.05) is 0 Å². The lowest BCUT2D eigenvalue weighted by Gasteiger charge is -2.09. The highest BCUT2D eigenvalue weighted by molar-refractivity contribution is 9.10. The zero-order valence-electron chi connectivity index (χ0n) is 10.4. The first-order valence-corrected chi connectivity index (χ1v) is 6.57. The van der Waals surface area contributed by atoms with Crippen LogP contribution in [0.1, 0.15) is 0 Å². The second-order valence-electron chi connectivity index (χ2n) is 4.00. The van der Waals surface area contributed by atoms with Gasteiger partial charge in [-0.15, -0.1) is 0 Å². The van der Waals surface area contributed by atoms with Crippen LogP contribution in [0.15, 0.2) is 29.0 Å². The van der Waals surface area contributed by atoms with Gasteiger partial charge in [0, 0.05) is 11.5 Å². The molecule has 0 bridgehead atoms. The summed E-state index contributed by atoms with van der Waals surface area (Å²) in [6.07, 6.45) is 1.53. The maximum absolute atomic E-state index is 13.3. The minimum Gasteiger partial charge on any atom is -0.357 e. The lowest BCUT2D eigenvalue weighted by molar-refractivity contribution is 0.628. The smallest absolute Gasteiger partial charge is 0.226 e. The fourth-order valence-electron chi connectivity index (χ4n) is 1.76. The first-order valence-electron chi connectivity index (χ1n) is 5.78. The van der Waals surface area contributed by atoms with Gasteiger partial charge in [0.25, 0.3) is 0 Å². The number of aromatic nitrogens is 4. The molecule has 1 aromatic carbocycles. The third kappa shape index (κ3) is 2.29. The summed E-state index contributed by atoms with van der Waals surface area (Å²) in [6, 6.07) is 4.38. The van der Waals surface area contributed by atoms with E-state index in [4.69, 9.17) is 0 Å². The molecule has 0 amide bonds. The summed E-state index contributed by atoms with van der Waals surface area (Å²) in [5.74, 6) is 0.613. The Labute approximate surface area is 122 Å². The Morgan fingerprint density at radius 2 is 2.15 bits per heavy atom. The van der Waals surface area contributed by atoms with Crippen LogP contribution in [0.5, 0.6) is 0 Å². The number of rotatable bonds is 3. The van der Waals surface area contributed by atoms with Crippen molar-refractivity contribution in [3.63, 3.8) is 0 Å². The highest BCUT2D eigenvalue weighted by atomic mass is 79.9. The fourth-order valence-corrected chi connectivity index (χ4v) is 2.10. The quantitative estimate of drug-likeness (QED) is 0.685. The summed E-state index contributed by atoms with van der Waals surface area (Å²) in [4.78, 5) is 15.6. The van der Waals surface area contributed by atoms with Crippen molar-refractivity contribution < 1.29 is 4.39 Å². The molecule has 20 heavy (non-hydrogen) atoms. The molecular weight excluding hydrogens is 327 g/mol. The summed E-state index contributed by atoms with van der Waals surface area (Å²) in [5.41, 5.74) is 1.75. The largest absolute Gasteiger partial charge is 0.357 e. The minimum absolute atomic E-state index is 0.334. The normalized spacial score (nSPS) is 10.8. The first-order chi connectivity index (χ1) is 9.67. The van der Waals surface area contributed by atoms with Crippen LogP contribution >= 0.6 is 15.9 Å². The molecule has 0 radical (unpaired) electrons. The molecule has 0 fully saturated rings. The molecule has 3 rings (SSSR count). The molecule has 3 aromatic rings. The molecular formula is C12H10BrFN6. The Balaban J connectivity index is 2.09. The van der Waals surface area contributed by atoms with E-state index >= 15 is 0 Å². The Kier molecular flexibility index (Phi) is 3.23. The molecule has 0 atom stereocenters. The number of imidazole rings is 1. The van der Waals surface area contributed by atoms with Crippen molar-refractivity contribution in [3.8, 4) is 0 Å². The Bertz CT molecular complexity index is 772. The maximum atomic E-state index is 13.3. The summed E-state index contributed by atoms with van der Waals surface area (Å²) < 4.78 is 14.1. The molecule has 0 aliphatic heterocycles. The predicted molar refractivity (Wildman–Crippen MR) is 78.6 cm³/mol. The Morgan fingerprint density at radius 1 is 1.30 bits per heavy atom. The third-order valence-electron chi connectivity index (χ3n) is 2.69. The van der Waals surface area contributed by atoms with Crippen LogP contribution in [0.3, 0.4) is 0 Å². The SMILES string of the molecule is CNc1nc(Nc2cc(F)ccc2Br)c2[nH]cnc2n1. The molecule has 0 spiro atoms. The molecule has 0 aliphatic carbocycles. The molecule has 0 saturated heterocycles. The van der Waals surface area contributed by atoms with Gasteiger partial charge in [0.1, 0.15) is 11.3 Å². The van der Waals surface area contributed by atoms with Gasteiger partial charge < -0.3 is 15.6 Å². The Hall–Kier alpha value is -2.22. The van der Waals surface area contributed by atoms with Crippen molar-refractivity contribution in [2.24, 2.45) is 0 Å². The molecule has 0 unspecified atom stereocenters. The number of H-pyrrole nitrogens is 1. The van der Waals surface area contributed by atoms with E-state index in [-0.39, 0.29) is 5.82 Å². The minimum atomic E-state index is -0.334. The third-order valence-corrected chi connectivity index (χ3v) is 3.38. The standard InChI is InChI=1S/C12H10BrFN6/c1-15-12-19-10-9(16-5-17-10)11(20-12)18-8-4-6(14)2-3-7(8)13/h2-5H,1H3,(H3,15,16,17,18,19,20). The summed E-state index contributed by atoms with van der Waals surface area (Å²) >= 11 is 3.36. The number of hydrogen-bond acceptors (Lipinski definition) is 5. The van der Waals surface area contributed by atoms with Crippen LogP contribution in [0.25, 0.3) is 11.2 Å². The number of nitrogens with zero attached hydrogens (tertiary/aromatic N) is 3. The second-order valence-corrected chi connectivity index (χ2v) is 4.85. The van der Waals surface area contributed by atoms with Crippen molar-refractivity contribution in [2.45, 2.75) is 0 Å². The van der Waals surface area contributed by atoms with E-state index < -0.39 is 0 Å². The van der Waals surface area contributed by atoms with Crippen LogP contribution < -0.4 is 10.6 Å². The molecule has 3 N–H and O–H groups in total. The van der Waals surface area contributed by atoms with E-state index in [1.54, 1.807) is 13.1 Å². The van der Waals surface area contributed by atoms with E-state index in [9.17, 15) is 4.39 Å². The number of benzene rings is 1. The van der Waals surface area contributed by atoms with Crippen molar-refractivity contribution in [1.82, 2.24) is 19.9 Å². The van der Waals surface area contributed by atoms with Gasteiger partial charge in [-0.1, -0.05) is 0 Å².